The third-order valence-corrected chi connectivity index (χ3v) is 6.70. The van der Waals surface area contributed by atoms with Gasteiger partial charge in [-0.2, -0.15) is 0 Å². The van der Waals surface area contributed by atoms with Crippen molar-refractivity contribution >= 4 is 23.4 Å². The molecule has 188 valence electrons. The number of hydrogen-bond donors (Lipinski definition) is 0. The molecule has 3 aromatic rings. The normalized spacial score (nSPS) is 15.2. The Morgan fingerprint density at radius 3 is 2.58 bits per heavy atom. The summed E-state index contributed by atoms with van der Waals surface area (Å²) in [4.78, 5) is 32.1. The standard InChI is InChI=1S/C27H28N2O6S/c1-6-34-24-19(12-9-13-20(24)33-5)23-22(26(31)35-7-2)16(3)28-27-29(23)25(30)21(36-27)15-17-10-8-11-18(14-17)32-4/h8-15,23H,6-7H2,1-5H3/b21-15+/t23-/m0/s1. The van der Waals surface area contributed by atoms with Crippen LogP contribution in [0.1, 0.15) is 37.9 Å². The highest BCUT2D eigenvalue weighted by Gasteiger charge is 2.35. The van der Waals surface area contributed by atoms with E-state index in [-0.39, 0.29) is 17.7 Å². The molecule has 0 N–H and O–H groups in total. The Labute approximate surface area is 212 Å². The number of ether oxygens (including phenoxy) is 4. The average Bonchev–Trinajstić information content (AvgIpc) is 3.17. The number of para-hydroxylation sites is 1. The number of methoxy groups -OCH3 is 2. The van der Waals surface area contributed by atoms with Gasteiger partial charge in [-0.25, -0.2) is 9.79 Å². The van der Waals surface area contributed by atoms with Crippen molar-refractivity contribution in [3.05, 3.63) is 84.5 Å². The molecule has 1 atom stereocenters. The van der Waals surface area contributed by atoms with Crippen molar-refractivity contribution in [2.75, 3.05) is 27.4 Å². The molecule has 0 saturated carbocycles. The smallest absolute Gasteiger partial charge is 0.338 e. The van der Waals surface area contributed by atoms with E-state index in [9.17, 15) is 9.59 Å². The molecule has 8 nitrogen and oxygen atoms in total. The number of hydrogen-bond acceptors (Lipinski definition) is 8. The molecule has 0 bridgehead atoms. The number of thiazole rings is 1. The summed E-state index contributed by atoms with van der Waals surface area (Å²) in [7, 11) is 3.14. The second-order valence-corrected chi connectivity index (χ2v) is 8.90. The molecule has 0 unspecified atom stereocenters. The van der Waals surface area contributed by atoms with Crippen LogP contribution in [0, 0.1) is 0 Å². The van der Waals surface area contributed by atoms with Crippen molar-refractivity contribution in [1.82, 2.24) is 4.57 Å². The van der Waals surface area contributed by atoms with Gasteiger partial charge in [0.2, 0.25) is 0 Å². The summed E-state index contributed by atoms with van der Waals surface area (Å²) in [6.45, 7) is 5.92. The zero-order chi connectivity index (χ0) is 25.8. The first kappa shape index (κ1) is 25.2. The fourth-order valence-corrected chi connectivity index (χ4v) is 5.22. The maximum atomic E-state index is 13.8. The number of nitrogens with zero attached hydrogens (tertiary/aromatic N) is 2. The summed E-state index contributed by atoms with van der Waals surface area (Å²) in [5.41, 5.74) is 1.92. The fourth-order valence-electron chi connectivity index (χ4n) is 4.18. The van der Waals surface area contributed by atoms with E-state index in [1.807, 2.05) is 37.3 Å². The third kappa shape index (κ3) is 4.66. The van der Waals surface area contributed by atoms with Crippen LogP contribution in [0.3, 0.4) is 0 Å². The van der Waals surface area contributed by atoms with E-state index in [4.69, 9.17) is 18.9 Å². The van der Waals surface area contributed by atoms with Crippen molar-refractivity contribution in [2.24, 2.45) is 4.99 Å². The quantitative estimate of drug-likeness (QED) is 0.434. The molecule has 0 amide bonds. The summed E-state index contributed by atoms with van der Waals surface area (Å²) in [5, 5.41) is 0. The Kier molecular flexibility index (Phi) is 7.59. The van der Waals surface area contributed by atoms with E-state index in [1.165, 1.54) is 15.9 Å². The van der Waals surface area contributed by atoms with Gasteiger partial charge in [0.05, 0.1) is 43.2 Å². The number of benzene rings is 2. The molecule has 36 heavy (non-hydrogen) atoms. The van der Waals surface area contributed by atoms with Crippen molar-refractivity contribution in [3.63, 3.8) is 0 Å². The van der Waals surface area contributed by atoms with Crippen LogP contribution < -0.4 is 29.1 Å². The van der Waals surface area contributed by atoms with Gasteiger partial charge in [0.15, 0.2) is 16.3 Å². The lowest BCUT2D eigenvalue weighted by molar-refractivity contribution is -0.139. The Hall–Kier alpha value is -3.85. The molecule has 2 aromatic carbocycles. The Balaban J connectivity index is 2.01. The van der Waals surface area contributed by atoms with E-state index in [1.54, 1.807) is 46.3 Å². The van der Waals surface area contributed by atoms with Crippen LogP contribution in [0.15, 0.2) is 63.5 Å². The highest BCUT2D eigenvalue weighted by Crippen LogP contribution is 2.40. The predicted octanol–water partition coefficient (Wildman–Crippen LogP) is 3.21. The minimum atomic E-state index is -0.801. The minimum Gasteiger partial charge on any atom is -0.497 e. The molecule has 0 fully saturated rings. The van der Waals surface area contributed by atoms with E-state index in [2.05, 4.69) is 4.99 Å². The Morgan fingerprint density at radius 1 is 1.11 bits per heavy atom. The van der Waals surface area contributed by atoms with Gasteiger partial charge in [-0.15, -0.1) is 0 Å². The van der Waals surface area contributed by atoms with Crippen LogP contribution in [-0.2, 0) is 9.53 Å². The minimum absolute atomic E-state index is 0.193. The topological polar surface area (TPSA) is 88.4 Å². The first-order valence-electron chi connectivity index (χ1n) is 11.6. The predicted molar refractivity (Wildman–Crippen MR) is 138 cm³/mol. The molecular weight excluding hydrogens is 480 g/mol. The van der Waals surface area contributed by atoms with E-state index < -0.39 is 12.0 Å². The zero-order valence-electron chi connectivity index (χ0n) is 20.9. The molecule has 0 aliphatic carbocycles. The molecule has 0 saturated heterocycles. The number of aromatic nitrogens is 1. The summed E-state index contributed by atoms with van der Waals surface area (Å²) in [6.07, 6.45) is 1.79. The SMILES string of the molecule is CCOC(=O)C1=C(C)N=c2s/c(=C/c3cccc(OC)c3)c(=O)n2[C@H]1c1cccc(OC)c1OCC. The van der Waals surface area contributed by atoms with E-state index >= 15 is 0 Å². The average molecular weight is 509 g/mol. The Bertz CT molecular complexity index is 1500. The van der Waals surface area contributed by atoms with Crippen LogP contribution in [0.25, 0.3) is 6.08 Å². The number of carbonyl (C=O) groups excluding carboxylic acids is 1. The molecule has 9 heteroatoms. The molecule has 1 aromatic heterocycles. The van der Waals surface area contributed by atoms with Crippen LogP contribution in [0.4, 0.5) is 0 Å². The second kappa shape index (κ2) is 10.8. The first-order chi connectivity index (χ1) is 17.4. The van der Waals surface area contributed by atoms with Gasteiger partial charge in [0.1, 0.15) is 11.8 Å². The lowest BCUT2D eigenvalue weighted by Gasteiger charge is -2.26. The van der Waals surface area contributed by atoms with Crippen LogP contribution in [0.2, 0.25) is 0 Å². The number of fused-ring (bicyclic) bond motifs is 1. The van der Waals surface area contributed by atoms with Gasteiger partial charge in [-0.05, 0) is 50.6 Å². The monoisotopic (exact) mass is 508 g/mol. The molecule has 1 aliphatic heterocycles. The molecular formula is C27H28N2O6S. The maximum Gasteiger partial charge on any atom is 0.338 e. The fraction of sp³-hybridized carbons (Fsp3) is 0.296. The molecule has 0 spiro atoms. The zero-order valence-corrected chi connectivity index (χ0v) is 21.7. The summed E-state index contributed by atoms with van der Waals surface area (Å²) in [6, 6.07) is 12.1. The number of allylic oxidation sites excluding steroid dienone is 1. The van der Waals surface area contributed by atoms with E-state index in [0.717, 1.165) is 5.56 Å². The molecule has 0 radical (unpaired) electrons. The van der Waals surface area contributed by atoms with Gasteiger partial charge in [-0.1, -0.05) is 35.6 Å². The van der Waals surface area contributed by atoms with E-state index in [0.29, 0.717) is 44.4 Å². The lowest BCUT2D eigenvalue weighted by Crippen LogP contribution is -2.40. The van der Waals surface area contributed by atoms with Crippen molar-refractivity contribution in [1.29, 1.82) is 0 Å². The van der Waals surface area contributed by atoms with Gasteiger partial charge in [0, 0.05) is 5.56 Å². The lowest BCUT2D eigenvalue weighted by atomic mass is 9.94. The highest BCUT2D eigenvalue weighted by molar-refractivity contribution is 7.07. The van der Waals surface area contributed by atoms with Crippen molar-refractivity contribution < 1.29 is 23.7 Å². The maximum absolute atomic E-state index is 13.8. The molecule has 2 heterocycles. The van der Waals surface area contributed by atoms with Gasteiger partial charge < -0.3 is 18.9 Å². The van der Waals surface area contributed by atoms with Gasteiger partial charge in [-0.3, -0.25) is 9.36 Å². The second-order valence-electron chi connectivity index (χ2n) is 7.89. The number of rotatable bonds is 8. The largest absolute Gasteiger partial charge is 0.497 e. The van der Waals surface area contributed by atoms with Crippen molar-refractivity contribution in [2.45, 2.75) is 26.8 Å². The number of esters is 1. The first-order valence-corrected chi connectivity index (χ1v) is 12.4. The van der Waals surface area contributed by atoms with Crippen molar-refractivity contribution in [3.8, 4) is 17.2 Å². The van der Waals surface area contributed by atoms with Crippen LogP contribution in [0.5, 0.6) is 17.2 Å². The molecule has 1 aliphatic rings. The van der Waals surface area contributed by atoms with Gasteiger partial charge >= 0.3 is 5.97 Å². The number of carbonyl (C=O) groups is 1. The molecule has 4 rings (SSSR count). The summed E-state index contributed by atoms with van der Waals surface area (Å²) >= 11 is 1.26. The third-order valence-electron chi connectivity index (χ3n) is 5.72. The van der Waals surface area contributed by atoms with Crippen LogP contribution >= 0.6 is 11.3 Å². The highest BCUT2D eigenvalue weighted by atomic mass is 32.1. The Morgan fingerprint density at radius 2 is 1.89 bits per heavy atom. The van der Waals surface area contributed by atoms with Crippen LogP contribution in [-0.4, -0.2) is 38.0 Å². The summed E-state index contributed by atoms with van der Waals surface area (Å²) in [5.74, 6) is 1.13. The summed E-state index contributed by atoms with van der Waals surface area (Å²) < 4.78 is 24.2. The van der Waals surface area contributed by atoms with Gasteiger partial charge in [0.25, 0.3) is 5.56 Å².